The fraction of sp³-hybridized carbons (Fsp3) is 0.591. The molecule has 0 radical (unpaired) electrons. The molecule has 7 nitrogen and oxygen atoms in total. The van der Waals surface area contributed by atoms with Crippen molar-refractivity contribution in [1.82, 2.24) is 15.1 Å². The summed E-state index contributed by atoms with van der Waals surface area (Å²) in [6, 6.07) is 0.400. The van der Waals surface area contributed by atoms with Crippen LogP contribution in [0, 0.1) is 0 Å². The average molecular weight is 430 g/mol. The summed E-state index contributed by atoms with van der Waals surface area (Å²) in [5.74, 6) is 2.83. The van der Waals surface area contributed by atoms with Crippen molar-refractivity contribution >= 4 is 28.7 Å². The van der Waals surface area contributed by atoms with Crippen LogP contribution in [0.5, 0.6) is 0 Å². The molecule has 0 saturated carbocycles. The molecule has 4 aliphatic rings. The SMILES string of the molecule is CC(=O)NC1=NN=C(N2CCN(C(C)C3=C\CCC4=C(/C=C\3)C[C@@H](C)O4)CC2)CS1. The molecule has 0 aromatic rings. The minimum atomic E-state index is -0.109. The summed E-state index contributed by atoms with van der Waals surface area (Å²) in [6.07, 6.45) is 10.3. The maximum absolute atomic E-state index is 11.1. The molecule has 1 saturated heterocycles. The lowest BCUT2D eigenvalue weighted by Crippen LogP contribution is -2.52. The van der Waals surface area contributed by atoms with Gasteiger partial charge in [-0.3, -0.25) is 9.69 Å². The van der Waals surface area contributed by atoms with E-state index in [2.05, 4.69) is 57.4 Å². The fourth-order valence-electron chi connectivity index (χ4n) is 4.35. The second kappa shape index (κ2) is 9.39. The molecule has 1 unspecified atom stereocenters. The first-order chi connectivity index (χ1) is 14.5. The van der Waals surface area contributed by atoms with Crippen molar-refractivity contribution in [3.63, 3.8) is 0 Å². The summed E-state index contributed by atoms with van der Waals surface area (Å²) >= 11 is 1.53. The Morgan fingerprint density at radius 1 is 1.27 bits per heavy atom. The molecule has 0 aromatic heterocycles. The third-order valence-electron chi connectivity index (χ3n) is 6.02. The van der Waals surface area contributed by atoms with E-state index in [0.717, 1.165) is 57.0 Å². The lowest BCUT2D eigenvalue weighted by molar-refractivity contribution is -0.117. The number of hydrogen-bond acceptors (Lipinski definition) is 7. The van der Waals surface area contributed by atoms with E-state index < -0.39 is 0 Å². The molecular weight excluding hydrogens is 398 g/mol. The predicted molar refractivity (Wildman–Crippen MR) is 122 cm³/mol. The Labute approximate surface area is 183 Å². The van der Waals surface area contributed by atoms with Gasteiger partial charge in [0.15, 0.2) is 5.17 Å². The number of amides is 1. The Morgan fingerprint density at radius 3 is 2.77 bits per heavy atom. The Hall–Kier alpha value is -2.06. The monoisotopic (exact) mass is 429 g/mol. The van der Waals surface area contributed by atoms with Gasteiger partial charge in [0, 0.05) is 52.0 Å². The van der Waals surface area contributed by atoms with E-state index in [9.17, 15) is 4.79 Å². The highest BCUT2D eigenvalue weighted by Crippen LogP contribution is 2.31. The van der Waals surface area contributed by atoms with Gasteiger partial charge in [-0.1, -0.05) is 30.0 Å². The van der Waals surface area contributed by atoms with Gasteiger partial charge in [0.1, 0.15) is 5.84 Å². The van der Waals surface area contributed by atoms with Crippen LogP contribution in [-0.2, 0) is 9.53 Å². The van der Waals surface area contributed by atoms with Gasteiger partial charge >= 0.3 is 0 Å². The molecule has 3 heterocycles. The van der Waals surface area contributed by atoms with Gasteiger partial charge in [0.25, 0.3) is 0 Å². The maximum Gasteiger partial charge on any atom is 0.222 e. The average Bonchev–Trinajstić information content (AvgIpc) is 3.07. The Bertz CT molecular complexity index is 836. The summed E-state index contributed by atoms with van der Waals surface area (Å²) in [6.45, 7) is 9.86. The van der Waals surface area contributed by atoms with Crippen molar-refractivity contribution in [2.75, 3.05) is 31.9 Å². The summed E-state index contributed by atoms with van der Waals surface area (Å²) in [4.78, 5) is 16.0. The summed E-state index contributed by atoms with van der Waals surface area (Å²) in [5, 5.41) is 11.8. The molecule has 1 aliphatic carbocycles. The van der Waals surface area contributed by atoms with Gasteiger partial charge in [0.05, 0.1) is 17.6 Å². The molecule has 0 bridgehead atoms. The fourth-order valence-corrected chi connectivity index (χ4v) is 5.17. The highest BCUT2D eigenvalue weighted by molar-refractivity contribution is 8.14. The predicted octanol–water partition coefficient (Wildman–Crippen LogP) is 2.88. The molecule has 30 heavy (non-hydrogen) atoms. The first-order valence-corrected chi connectivity index (χ1v) is 11.8. The normalized spacial score (nSPS) is 28.8. The van der Waals surface area contributed by atoms with Gasteiger partial charge in [0.2, 0.25) is 5.91 Å². The van der Waals surface area contributed by atoms with Crippen LogP contribution in [0.4, 0.5) is 0 Å². The van der Waals surface area contributed by atoms with Crippen molar-refractivity contribution in [2.24, 2.45) is 10.2 Å². The van der Waals surface area contributed by atoms with Crippen molar-refractivity contribution in [3.8, 4) is 0 Å². The minimum Gasteiger partial charge on any atom is -0.494 e. The van der Waals surface area contributed by atoms with E-state index >= 15 is 0 Å². The number of amidine groups is 2. The lowest BCUT2D eigenvalue weighted by atomic mass is 9.98. The van der Waals surface area contributed by atoms with Gasteiger partial charge < -0.3 is 15.0 Å². The number of hydrogen-bond donors (Lipinski definition) is 1. The van der Waals surface area contributed by atoms with Crippen LogP contribution >= 0.6 is 11.8 Å². The summed E-state index contributed by atoms with van der Waals surface area (Å²) in [7, 11) is 0. The third-order valence-corrected chi connectivity index (χ3v) is 6.88. The van der Waals surface area contributed by atoms with Gasteiger partial charge in [-0.15, -0.1) is 10.2 Å². The molecule has 162 valence electrons. The van der Waals surface area contributed by atoms with Crippen LogP contribution in [0.15, 0.2) is 45.3 Å². The number of thioether (sulfide) groups is 1. The number of ether oxygens (including phenoxy) is 1. The van der Waals surface area contributed by atoms with E-state index in [1.165, 1.54) is 35.6 Å². The zero-order valence-electron chi connectivity index (χ0n) is 18.1. The topological polar surface area (TPSA) is 69.5 Å². The molecule has 8 heteroatoms. The van der Waals surface area contributed by atoms with Gasteiger partial charge in [-0.05, 0) is 31.4 Å². The molecule has 1 amide bonds. The third kappa shape index (κ3) is 4.98. The van der Waals surface area contributed by atoms with Gasteiger partial charge in [-0.2, -0.15) is 0 Å². The first kappa shape index (κ1) is 21.2. The van der Waals surface area contributed by atoms with Crippen molar-refractivity contribution < 1.29 is 9.53 Å². The van der Waals surface area contributed by atoms with Crippen LogP contribution in [-0.4, -0.2) is 70.8 Å². The van der Waals surface area contributed by atoms with Gasteiger partial charge in [-0.25, -0.2) is 0 Å². The number of rotatable bonds is 2. The number of allylic oxidation sites excluding steroid dienone is 3. The molecule has 0 aromatic carbocycles. The van der Waals surface area contributed by atoms with E-state index in [1.807, 2.05) is 0 Å². The summed E-state index contributed by atoms with van der Waals surface area (Å²) < 4.78 is 5.95. The molecule has 0 spiro atoms. The van der Waals surface area contributed by atoms with Crippen molar-refractivity contribution in [3.05, 3.63) is 35.1 Å². The lowest BCUT2D eigenvalue weighted by Gasteiger charge is -2.40. The van der Waals surface area contributed by atoms with E-state index in [4.69, 9.17) is 4.74 Å². The van der Waals surface area contributed by atoms with E-state index in [1.54, 1.807) is 0 Å². The molecule has 1 N–H and O–H groups in total. The smallest absolute Gasteiger partial charge is 0.222 e. The van der Waals surface area contributed by atoms with Crippen molar-refractivity contribution in [1.29, 1.82) is 0 Å². The quantitative estimate of drug-likeness (QED) is 0.731. The number of nitrogens with zero attached hydrogens (tertiary/aromatic N) is 4. The standard InChI is InChI=1S/C22H31N5O2S/c1-15-13-19-8-7-18(5-4-6-20(19)29-15)16(2)26-9-11-27(12-10-26)21-14-30-22(25-24-21)23-17(3)28/h5,7-8,15-16H,4,6,9-14H2,1-3H3,(H,23,25,28)/b8-7-,18-5-/t15-,16?/m1/s1. The molecular formula is C22H31N5O2S. The number of carbonyl (C=O) groups excluding carboxylic acids is 1. The first-order valence-electron chi connectivity index (χ1n) is 10.8. The van der Waals surface area contributed by atoms with Crippen molar-refractivity contribution in [2.45, 2.75) is 52.2 Å². The van der Waals surface area contributed by atoms with Crippen LogP contribution in [0.2, 0.25) is 0 Å². The van der Waals surface area contributed by atoms with E-state index in [-0.39, 0.29) is 5.91 Å². The second-order valence-electron chi connectivity index (χ2n) is 8.25. The maximum atomic E-state index is 11.1. The zero-order chi connectivity index (χ0) is 21.1. The highest BCUT2D eigenvalue weighted by atomic mass is 32.2. The number of carbonyl (C=O) groups is 1. The highest BCUT2D eigenvalue weighted by Gasteiger charge is 2.27. The second-order valence-corrected chi connectivity index (χ2v) is 9.21. The molecule has 4 rings (SSSR count). The Kier molecular flexibility index (Phi) is 6.63. The Morgan fingerprint density at radius 2 is 2.07 bits per heavy atom. The van der Waals surface area contributed by atoms with E-state index in [0.29, 0.717) is 17.3 Å². The largest absolute Gasteiger partial charge is 0.494 e. The Balaban J connectivity index is 1.33. The zero-order valence-corrected chi connectivity index (χ0v) is 18.9. The van der Waals surface area contributed by atoms with Crippen LogP contribution in [0.25, 0.3) is 0 Å². The minimum absolute atomic E-state index is 0.109. The molecule has 2 atom stereocenters. The van der Waals surface area contributed by atoms with Crippen LogP contribution in [0.1, 0.15) is 40.0 Å². The summed E-state index contributed by atoms with van der Waals surface area (Å²) in [5.41, 5.74) is 2.78. The molecule has 1 fully saturated rings. The number of nitrogens with one attached hydrogen (secondary N) is 1. The molecule has 3 aliphatic heterocycles. The van der Waals surface area contributed by atoms with Crippen LogP contribution < -0.4 is 5.32 Å². The van der Waals surface area contributed by atoms with Crippen LogP contribution in [0.3, 0.4) is 0 Å². The number of piperazine rings is 1.